The monoisotopic (exact) mass is 236 g/mol. The van der Waals surface area contributed by atoms with Crippen LogP contribution < -0.4 is 5.32 Å². The molecule has 1 aliphatic carbocycles. The van der Waals surface area contributed by atoms with Gasteiger partial charge in [-0.1, -0.05) is 5.16 Å². The number of aromatic nitrogens is 3. The minimum absolute atomic E-state index is 0.630. The molecule has 0 atom stereocenters. The van der Waals surface area contributed by atoms with Crippen molar-refractivity contribution < 1.29 is 4.52 Å². The molecule has 0 aromatic carbocycles. The van der Waals surface area contributed by atoms with Crippen molar-refractivity contribution in [3.05, 3.63) is 17.6 Å². The van der Waals surface area contributed by atoms with Gasteiger partial charge in [-0.25, -0.2) is 0 Å². The minimum Gasteiger partial charge on any atom is -0.338 e. The largest absolute Gasteiger partial charge is 0.338 e. The smallest absolute Gasteiger partial charge is 0.240 e. The molecular formula is C10H12N4OS. The Morgan fingerprint density at radius 2 is 2.44 bits per heavy atom. The van der Waals surface area contributed by atoms with Crippen molar-refractivity contribution in [1.29, 1.82) is 0 Å². The first-order chi connectivity index (χ1) is 7.92. The highest BCUT2D eigenvalue weighted by molar-refractivity contribution is 7.13. The quantitative estimate of drug-likeness (QED) is 0.856. The van der Waals surface area contributed by atoms with Crippen molar-refractivity contribution in [2.75, 3.05) is 6.54 Å². The van der Waals surface area contributed by atoms with Gasteiger partial charge < -0.3 is 9.84 Å². The molecule has 0 bridgehead atoms. The summed E-state index contributed by atoms with van der Waals surface area (Å²) in [6.07, 6.45) is 4.45. The van der Waals surface area contributed by atoms with Gasteiger partial charge in [-0.3, -0.25) is 4.98 Å². The summed E-state index contributed by atoms with van der Waals surface area (Å²) >= 11 is 1.51. The van der Waals surface area contributed by atoms with Gasteiger partial charge in [0.15, 0.2) is 0 Å². The maximum absolute atomic E-state index is 5.15. The van der Waals surface area contributed by atoms with Gasteiger partial charge in [0.25, 0.3) is 0 Å². The summed E-state index contributed by atoms with van der Waals surface area (Å²) in [5.41, 5.74) is 1.76. The third-order valence-corrected chi connectivity index (χ3v) is 3.30. The van der Waals surface area contributed by atoms with Crippen LogP contribution >= 0.6 is 11.3 Å². The van der Waals surface area contributed by atoms with E-state index in [1.165, 1.54) is 24.2 Å². The van der Waals surface area contributed by atoms with Crippen LogP contribution in [0.4, 0.5) is 0 Å². The molecule has 1 saturated carbocycles. The summed E-state index contributed by atoms with van der Waals surface area (Å²) < 4.78 is 5.15. The fourth-order valence-corrected chi connectivity index (χ4v) is 2.00. The van der Waals surface area contributed by atoms with Gasteiger partial charge in [-0.15, -0.1) is 11.3 Å². The number of hydrogen-bond donors (Lipinski definition) is 1. The van der Waals surface area contributed by atoms with Gasteiger partial charge in [-0.05, 0) is 25.3 Å². The molecule has 1 N–H and O–H groups in total. The first kappa shape index (κ1) is 9.92. The molecule has 3 rings (SSSR count). The van der Waals surface area contributed by atoms with Crippen molar-refractivity contribution >= 4 is 11.3 Å². The van der Waals surface area contributed by atoms with E-state index in [4.69, 9.17) is 4.52 Å². The van der Waals surface area contributed by atoms with Crippen LogP contribution in [-0.4, -0.2) is 21.7 Å². The predicted molar refractivity (Wildman–Crippen MR) is 59.8 cm³/mol. The van der Waals surface area contributed by atoms with Crippen LogP contribution in [0.2, 0.25) is 0 Å². The first-order valence-corrected chi connectivity index (χ1v) is 6.22. The molecule has 2 aromatic heterocycles. The number of hydrogen-bond acceptors (Lipinski definition) is 6. The Bertz CT molecular complexity index is 449. The van der Waals surface area contributed by atoms with Crippen molar-refractivity contribution in [2.24, 2.45) is 5.92 Å². The number of nitrogens with one attached hydrogen (secondary N) is 1. The van der Waals surface area contributed by atoms with E-state index in [1.54, 1.807) is 11.7 Å². The van der Waals surface area contributed by atoms with E-state index in [-0.39, 0.29) is 0 Å². The maximum Gasteiger partial charge on any atom is 0.240 e. The molecule has 0 unspecified atom stereocenters. The van der Waals surface area contributed by atoms with Crippen molar-refractivity contribution in [2.45, 2.75) is 19.4 Å². The Labute approximate surface area is 96.9 Å². The highest BCUT2D eigenvalue weighted by Crippen LogP contribution is 2.27. The lowest BCUT2D eigenvalue weighted by Crippen LogP contribution is -2.16. The fourth-order valence-electron chi connectivity index (χ4n) is 1.46. The van der Waals surface area contributed by atoms with Crippen molar-refractivity contribution in [1.82, 2.24) is 20.4 Å². The molecule has 0 saturated heterocycles. The Morgan fingerprint density at radius 3 is 3.19 bits per heavy atom. The SMILES string of the molecule is c1ncc(-c2noc(CNCC3CC3)n2)s1. The van der Waals surface area contributed by atoms with E-state index in [1.807, 2.05) is 0 Å². The van der Waals surface area contributed by atoms with Crippen LogP contribution in [0.5, 0.6) is 0 Å². The lowest BCUT2D eigenvalue weighted by molar-refractivity contribution is 0.367. The molecule has 0 aliphatic heterocycles. The minimum atomic E-state index is 0.630. The topological polar surface area (TPSA) is 63.8 Å². The van der Waals surface area contributed by atoms with Crippen LogP contribution in [0.25, 0.3) is 10.7 Å². The normalized spacial score (nSPS) is 15.5. The molecule has 0 amide bonds. The molecule has 2 aromatic rings. The molecule has 16 heavy (non-hydrogen) atoms. The summed E-state index contributed by atoms with van der Waals surface area (Å²) in [6.45, 7) is 1.71. The first-order valence-electron chi connectivity index (χ1n) is 5.34. The van der Waals surface area contributed by atoms with Crippen LogP contribution in [0.3, 0.4) is 0 Å². The van der Waals surface area contributed by atoms with E-state index in [0.717, 1.165) is 17.3 Å². The average molecular weight is 236 g/mol. The second-order valence-electron chi connectivity index (χ2n) is 3.95. The second kappa shape index (κ2) is 4.31. The zero-order valence-electron chi connectivity index (χ0n) is 8.72. The van der Waals surface area contributed by atoms with Gasteiger partial charge in [0.1, 0.15) is 0 Å². The summed E-state index contributed by atoms with van der Waals surface area (Å²) in [4.78, 5) is 9.22. The number of rotatable bonds is 5. The molecule has 1 aliphatic rings. The third-order valence-electron chi connectivity index (χ3n) is 2.53. The zero-order valence-corrected chi connectivity index (χ0v) is 9.54. The maximum atomic E-state index is 5.15. The Hall–Kier alpha value is -1.27. The van der Waals surface area contributed by atoms with Crippen LogP contribution in [-0.2, 0) is 6.54 Å². The molecule has 2 heterocycles. The lowest BCUT2D eigenvalue weighted by Gasteiger charge is -1.96. The van der Waals surface area contributed by atoms with E-state index in [2.05, 4.69) is 20.4 Å². The van der Waals surface area contributed by atoms with Crippen LogP contribution in [0.15, 0.2) is 16.2 Å². The summed E-state index contributed by atoms with van der Waals surface area (Å²) in [5.74, 6) is 2.14. The van der Waals surface area contributed by atoms with Crippen molar-refractivity contribution in [3.63, 3.8) is 0 Å². The molecule has 84 valence electrons. The average Bonchev–Trinajstić information content (AvgIpc) is 2.83. The van der Waals surface area contributed by atoms with Crippen LogP contribution in [0, 0.1) is 5.92 Å². The fraction of sp³-hybridized carbons (Fsp3) is 0.500. The Kier molecular flexibility index (Phi) is 2.67. The van der Waals surface area contributed by atoms with E-state index >= 15 is 0 Å². The van der Waals surface area contributed by atoms with Gasteiger partial charge in [0, 0.05) is 6.20 Å². The zero-order chi connectivity index (χ0) is 10.8. The van der Waals surface area contributed by atoms with Gasteiger partial charge in [-0.2, -0.15) is 4.98 Å². The summed E-state index contributed by atoms with van der Waals surface area (Å²) in [6, 6.07) is 0. The Balaban J connectivity index is 1.59. The summed E-state index contributed by atoms with van der Waals surface area (Å²) in [5, 5.41) is 7.23. The number of thiazole rings is 1. The van der Waals surface area contributed by atoms with Gasteiger partial charge in [0.2, 0.25) is 11.7 Å². The van der Waals surface area contributed by atoms with Crippen LogP contribution in [0.1, 0.15) is 18.7 Å². The molecule has 0 spiro atoms. The third kappa shape index (κ3) is 2.28. The molecule has 0 radical (unpaired) electrons. The van der Waals surface area contributed by atoms with E-state index in [0.29, 0.717) is 18.3 Å². The van der Waals surface area contributed by atoms with Gasteiger partial charge in [0.05, 0.1) is 16.9 Å². The molecule has 5 nitrogen and oxygen atoms in total. The lowest BCUT2D eigenvalue weighted by atomic mass is 10.4. The number of nitrogens with zero attached hydrogens (tertiary/aromatic N) is 3. The highest BCUT2D eigenvalue weighted by atomic mass is 32.1. The standard InChI is InChI=1S/C10H12N4OS/c1-2-7(1)3-11-5-9-13-10(14-15-9)8-4-12-6-16-8/h4,6-7,11H,1-3,5H2. The van der Waals surface area contributed by atoms with E-state index in [9.17, 15) is 0 Å². The Morgan fingerprint density at radius 1 is 1.50 bits per heavy atom. The van der Waals surface area contributed by atoms with Crippen molar-refractivity contribution in [3.8, 4) is 10.7 Å². The predicted octanol–water partition coefficient (Wildman–Crippen LogP) is 1.69. The summed E-state index contributed by atoms with van der Waals surface area (Å²) in [7, 11) is 0. The van der Waals surface area contributed by atoms with Gasteiger partial charge >= 0.3 is 0 Å². The molecule has 1 fully saturated rings. The molecule has 6 heteroatoms. The second-order valence-corrected chi connectivity index (χ2v) is 4.84. The van der Waals surface area contributed by atoms with E-state index < -0.39 is 0 Å². The molecular weight excluding hydrogens is 224 g/mol. The highest BCUT2D eigenvalue weighted by Gasteiger charge is 2.20.